The molecule has 4 nitrogen and oxygen atoms in total. The number of rotatable bonds is 3. The van der Waals surface area contributed by atoms with Crippen molar-refractivity contribution in [3.63, 3.8) is 0 Å². The van der Waals surface area contributed by atoms with Gasteiger partial charge in [-0.25, -0.2) is 0 Å². The zero-order valence-corrected chi connectivity index (χ0v) is 10.7. The fraction of sp³-hybridized carbons (Fsp3) is 0. The van der Waals surface area contributed by atoms with Crippen LogP contribution in [0.25, 0.3) is 10.9 Å². The molecule has 0 bridgehead atoms. The maximum atomic E-state index is 11.9. The second-order valence-corrected chi connectivity index (χ2v) is 4.38. The Bertz CT molecular complexity index is 807. The zero-order chi connectivity index (χ0) is 13.8. The normalized spacial score (nSPS) is 11.0. The molecule has 0 aliphatic carbocycles. The first-order chi connectivity index (χ1) is 9.83. The average molecular weight is 263 g/mol. The number of hydrogen-bond donors (Lipinski definition) is 2. The first-order valence-electron chi connectivity index (χ1n) is 6.29. The van der Waals surface area contributed by atoms with Gasteiger partial charge in [0.25, 0.3) is 5.56 Å². The molecule has 0 amide bonds. The number of para-hydroxylation sites is 2. The van der Waals surface area contributed by atoms with Crippen LogP contribution in [0, 0.1) is 0 Å². The lowest BCUT2D eigenvalue weighted by Crippen LogP contribution is -2.12. The highest BCUT2D eigenvalue weighted by Gasteiger charge is 1.99. The molecular formula is C16H13N3O. The number of hydrogen-bond acceptors (Lipinski definition) is 3. The second-order valence-electron chi connectivity index (χ2n) is 4.38. The third kappa shape index (κ3) is 2.59. The molecular weight excluding hydrogens is 250 g/mol. The van der Waals surface area contributed by atoms with Gasteiger partial charge in [0.05, 0.1) is 17.5 Å². The maximum Gasteiger partial charge on any atom is 0.257 e. The Labute approximate surface area is 115 Å². The molecule has 0 aliphatic rings. The Balaban J connectivity index is 1.87. The largest absolute Gasteiger partial charge is 0.321 e. The second kappa shape index (κ2) is 5.40. The van der Waals surface area contributed by atoms with Gasteiger partial charge in [-0.1, -0.05) is 36.4 Å². The monoisotopic (exact) mass is 263 g/mol. The van der Waals surface area contributed by atoms with Crippen molar-refractivity contribution in [1.29, 1.82) is 0 Å². The number of anilines is 1. The van der Waals surface area contributed by atoms with Gasteiger partial charge in [-0.2, -0.15) is 5.10 Å². The molecule has 0 saturated heterocycles. The Kier molecular flexibility index (Phi) is 3.29. The van der Waals surface area contributed by atoms with Crippen molar-refractivity contribution in [1.82, 2.24) is 4.98 Å². The summed E-state index contributed by atoms with van der Waals surface area (Å²) in [6.45, 7) is 0. The molecule has 0 aliphatic heterocycles. The fourth-order valence-corrected chi connectivity index (χ4v) is 1.95. The van der Waals surface area contributed by atoms with Crippen LogP contribution in [0.5, 0.6) is 0 Å². The number of nitrogens with zero attached hydrogens (tertiary/aromatic N) is 1. The number of H-pyrrole nitrogens is 1. The minimum absolute atomic E-state index is 0.151. The highest BCUT2D eigenvalue weighted by molar-refractivity contribution is 5.87. The number of hydrazone groups is 1. The van der Waals surface area contributed by atoms with Crippen LogP contribution in [0.3, 0.4) is 0 Å². The molecule has 2 aromatic carbocycles. The number of aromatic amines is 1. The summed E-state index contributed by atoms with van der Waals surface area (Å²) < 4.78 is 0. The number of benzene rings is 2. The summed E-state index contributed by atoms with van der Waals surface area (Å²) in [6, 6.07) is 19.1. The fourth-order valence-electron chi connectivity index (χ4n) is 1.95. The standard InChI is InChI=1S/C16H13N3O/c20-16-13(10-12-6-4-5-9-15(12)18-16)11-17-19-14-7-2-1-3-8-14/h1-11,19H,(H,18,20)/b17-11+. The Morgan fingerprint density at radius 2 is 1.75 bits per heavy atom. The minimum atomic E-state index is -0.151. The molecule has 0 fully saturated rings. The summed E-state index contributed by atoms with van der Waals surface area (Å²) in [5.41, 5.74) is 4.96. The molecule has 1 heterocycles. The van der Waals surface area contributed by atoms with E-state index in [4.69, 9.17) is 0 Å². The van der Waals surface area contributed by atoms with E-state index in [0.717, 1.165) is 16.6 Å². The molecule has 1 aromatic heterocycles. The first-order valence-corrected chi connectivity index (χ1v) is 6.29. The third-order valence-corrected chi connectivity index (χ3v) is 2.95. The van der Waals surface area contributed by atoms with E-state index in [1.165, 1.54) is 6.21 Å². The van der Waals surface area contributed by atoms with E-state index < -0.39 is 0 Å². The van der Waals surface area contributed by atoms with Gasteiger partial charge in [0.1, 0.15) is 0 Å². The van der Waals surface area contributed by atoms with Crippen LogP contribution in [0.2, 0.25) is 0 Å². The van der Waals surface area contributed by atoms with Crippen molar-refractivity contribution in [2.75, 3.05) is 5.43 Å². The molecule has 0 spiro atoms. The number of aromatic nitrogens is 1. The van der Waals surface area contributed by atoms with Crippen LogP contribution in [0.1, 0.15) is 5.56 Å². The molecule has 3 rings (SSSR count). The summed E-state index contributed by atoms with van der Waals surface area (Å²) in [5, 5.41) is 5.06. The number of nitrogens with one attached hydrogen (secondary N) is 2. The summed E-state index contributed by atoms with van der Waals surface area (Å²) in [4.78, 5) is 14.7. The molecule has 0 unspecified atom stereocenters. The molecule has 2 N–H and O–H groups in total. The predicted molar refractivity (Wildman–Crippen MR) is 82.2 cm³/mol. The molecule has 20 heavy (non-hydrogen) atoms. The first kappa shape index (κ1) is 12.2. The topological polar surface area (TPSA) is 57.2 Å². The lowest BCUT2D eigenvalue weighted by atomic mass is 10.2. The van der Waals surface area contributed by atoms with Gasteiger partial charge >= 0.3 is 0 Å². The lowest BCUT2D eigenvalue weighted by molar-refractivity contribution is 1.28. The summed E-state index contributed by atoms with van der Waals surface area (Å²) >= 11 is 0. The smallest absolute Gasteiger partial charge is 0.257 e. The van der Waals surface area contributed by atoms with Crippen LogP contribution >= 0.6 is 0 Å². The summed E-state index contributed by atoms with van der Waals surface area (Å²) in [5.74, 6) is 0. The van der Waals surface area contributed by atoms with E-state index >= 15 is 0 Å². The molecule has 0 radical (unpaired) electrons. The Morgan fingerprint density at radius 1 is 1.00 bits per heavy atom. The van der Waals surface area contributed by atoms with Crippen LogP contribution in [0.15, 0.2) is 70.6 Å². The van der Waals surface area contributed by atoms with Gasteiger partial charge in [-0.3, -0.25) is 10.2 Å². The maximum absolute atomic E-state index is 11.9. The number of fused-ring (bicyclic) bond motifs is 1. The molecule has 0 atom stereocenters. The third-order valence-electron chi connectivity index (χ3n) is 2.95. The van der Waals surface area contributed by atoms with E-state index in [2.05, 4.69) is 15.5 Å². The van der Waals surface area contributed by atoms with Crippen molar-refractivity contribution >= 4 is 22.8 Å². The van der Waals surface area contributed by atoms with E-state index in [0.29, 0.717) is 5.56 Å². The van der Waals surface area contributed by atoms with Crippen LogP contribution < -0.4 is 11.0 Å². The van der Waals surface area contributed by atoms with Gasteiger partial charge in [-0.15, -0.1) is 0 Å². The van der Waals surface area contributed by atoms with Crippen LogP contribution in [-0.2, 0) is 0 Å². The van der Waals surface area contributed by atoms with Gasteiger partial charge in [0.15, 0.2) is 0 Å². The van der Waals surface area contributed by atoms with Crippen molar-refractivity contribution in [3.05, 3.63) is 76.6 Å². The Morgan fingerprint density at radius 3 is 2.60 bits per heavy atom. The Hall–Kier alpha value is -2.88. The van der Waals surface area contributed by atoms with Crippen molar-refractivity contribution < 1.29 is 0 Å². The van der Waals surface area contributed by atoms with Crippen LogP contribution in [0.4, 0.5) is 5.69 Å². The molecule has 98 valence electrons. The van der Waals surface area contributed by atoms with Crippen molar-refractivity contribution in [3.8, 4) is 0 Å². The van der Waals surface area contributed by atoms with Gasteiger partial charge < -0.3 is 4.98 Å². The highest BCUT2D eigenvalue weighted by atomic mass is 16.1. The zero-order valence-electron chi connectivity index (χ0n) is 10.7. The summed E-state index contributed by atoms with van der Waals surface area (Å²) in [7, 11) is 0. The number of pyridine rings is 1. The van der Waals surface area contributed by atoms with Gasteiger partial charge in [0.2, 0.25) is 0 Å². The SMILES string of the molecule is O=c1[nH]c2ccccc2cc1/C=N/Nc1ccccc1. The van der Waals surface area contributed by atoms with Crippen molar-refractivity contribution in [2.45, 2.75) is 0 Å². The molecule has 3 aromatic rings. The molecule has 0 saturated carbocycles. The van der Waals surface area contributed by atoms with E-state index in [9.17, 15) is 4.79 Å². The quantitative estimate of drug-likeness (QED) is 0.564. The van der Waals surface area contributed by atoms with E-state index in [1.54, 1.807) is 0 Å². The highest BCUT2D eigenvalue weighted by Crippen LogP contribution is 2.09. The van der Waals surface area contributed by atoms with Crippen LogP contribution in [-0.4, -0.2) is 11.2 Å². The minimum Gasteiger partial charge on any atom is -0.321 e. The van der Waals surface area contributed by atoms with Gasteiger partial charge in [-0.05, 0) is 29.7 Å². The average Bonchev–Trinajstić information content (AvgIpc) is 2.49. The van der Waals surface area contributed by atoms with E-state index in [-0.39, 0.29) is 5.56 Å². The van der Waals surface area contributed by atoms with Crippen molar-refractivity contribution in [2.24, 2.45) is 5.10 Å². The van der Waals surface area contributed by atoms with Gasteiger partial charge in [0, 0.05) is 5.52 Å². The predicted octanol–water partition coefficient (Wildman–Crippen LogP) is 2.97. The molecule has 4 heteroatoms. The summed E-state index contributed by atoms with van der Waals surface area (Å²) in [6.07, 6.45) is 1.53. The lowest BCUT2D eigenvalue weighted by Gasteiger charge is -2.00. The van der Waals surface area contributed by atoms with E-state index in [1.807, 2.05) is 60.7 Å².